The van der Waals surface area contributed by atoms with E-state index in [1.807, 2.05) is 52.0 Å². The maximum absolute atomic E-state index is 11.9. The van der Waals surface area contributed by atoms with Gasteiger partial charge < -0.3 is 9.47 Å². The highest BCUT2D eigenvalue weighted by molar-refractivity contribution is 9.10. The first kappa shape index (κ1) is 16.0. The molecule has 0 aliphatic carbocycles. The van der Waals surface area contributed by atoms with Crippen molar-refractivity contribution in [3.63, 3.8) is 0 Å². The van der Waals surface area contributed by atoms with E-state index in [0.29, 0.717) is 13.0 Å². The molecular formula is C15H21BrO3. The van der Waals surface area contributed by atoms with Gasteiger partial charge in [-0.3, -0.25) is 4.79 Å². The Kier molecular flexibility index (Phi) is 5.85. The highest BCUT2D eigenvalue weighted by Crippen LogP contribution is 2.24. The predicted molar refractivity (Wildman–Crippen MR) is 79.3 cm³/mol. The van der Waals surface area contributed by atoms with E-state index in [0.717, 1.165) is 10.2 Å². The van der Waals surface area contributed by atoms with Crippen LogP contribution in [0.1, 0.15) is 34.1 Å². The standard InChI is InChI=1S/C15H21BrO3/c1-11(2)19-14(17)15(3,4)9-10-18-13-7-5-12(16)6-8-13/h5-8,11H,9-10H2,1-4H3. The first-order valence-electron chi connectivity index (χ1n) is 6.41. The van der Waals surface area contributed by atoms with Crippen LogP contribution in [0, 0.1) is 5.41 Å². The molecular weight excluding hydrogens is 308 g/mol. The minimum absolute atomic E-state index is 0.0841. The van der Waals surface area contributed by atoms with E-state index >= 15 is 0 Å². The first-order valence-corrected chi connectivity index (χ1v) is 7.20. The summed E-state index contributed by atoms with van der Waals surface area (Å²) in [5.41, 5.74) is -0.528. The summed E-state index contributed by atoms with van der Waals surface area (Å²) in [5, 5.41) is 0. The molecule has 0 amide bonds. The zero-order valence-electron chi connectivity index (χ0n) is 11.9. The summed E-state index contributed by atoms with van der Waals surface area (Å²) in [6.07, 6.45) is 0.536. The summed E-state index contributed by atoms with van der Waals surface area (Å²) in [4.78, 5) is 11.9. The van der Waals surface area contributed by atoms with Crippen LogP contribution in [0.25, 0.3) is 0 Å². The fourth-order valence-electron chi connectivity index (χ4n) is 1.43. The average molecular weight is 329 g/mol. The van der Waals surface area contributed by atoms with Crippen molar-refractivity contribution in [3.05, 3.63) is 28.7 Å². The maximum atomic E-state index is 11.9. The second kappa shape index (κ2) is 6.94. The van der Waals surface area contributed by atoms with Crippen molar-refractivity contribution in [2.75, 3.05) is 6.61 Å². The van der Waals surface area contributed by atoms with Crippen LogP contribution < -0.4 is 4.74 Å². The number of hydrogen-bond acceptors (Lipinski definition) is 3. The van der Waals surface area contributed by atoms with Gasteiger partial charge in [-0.05, 0) is 58.4 Å². The molecule has 0 fully saturated rings. The van der Waals surface area contributed by atoms with Gasteiger partial charge in [0.05, 0.1) is 18.1 Å². The summed E-state index contributed by atoms with van der Waals surface area (Å²) in [5.74, 6) is 0.623. The number of esters is 1. The largest absolute Gasteiger partial charge is 0.494 e. The minimum Gasteiger partial charge on any atom is -0.494 e. The molecule has 3 nitrogen and oxygen atoms in total. The van der Waals surface area contributed by atoms with Crippen molar-refractivity contribution < 1.29 is 14.3 Å². The molecule has 0 heterocycles. The van der Waals surface area contributed by atoms with Gasteiger partial charge in [0.25, 0.3) is 0 Å². The zero-order valence-corrected chi connectivity index (χ0v) is 13.5. The Balaban J connectivity index is 2.42. The number of carbonyl (C=O) groups excluding carboxylic acids is 1. The Morgan fingerprint density at radius 1 is 1.26 bits per heavy atom. The molecule has 0 unspecified atom stereocenters. The van der Waals surface area contributed by atoms with Crippen molar-refractivity contribution in [1.29, 1.82) is 0 Å². The summed E-state index contributed by atoms with van der Waals surface area (Å²) in [6.45, 7) is 7.95. The van der Waals surface area contributed by atoms with Crippen LogP contribution in [-0.4, -0.2) is 18.7 Å². The Morgan fingerprint density at radius 3 is 2.37 bits per heavy atom. The van der Waals surface area contributed by atoms with Gasteiger partial charge in [-0.2, -0.15) is 0 Å². The van der Waals surface area contributed by atoms with Crippen LogP contribution in [0.5, 0.6) is 5.75 Å². The van der Waals surface area contributed by atoms with Crippen LogP contribution >= 0.6 is 15.9 Å². The van der Waals surface area contributed by atoms with Crippen molar-refractivity contribution in [1.82, 2.24) is 0 Å². The minimum atomic E-state index is -0.528. The Labute approximate surface area is 123 Å². The molecule has 4 heteroatoms. The number of rotatable bonds is 6. The SMILES string of the molecule is CC(C)OC(=O)C(C)(C)CCOc1ccc(Br)cc1. The summed E-state index contributed by atoms with van der Waals surface area (Å²) >= 11 is 3.37. The van der Waals surface area contributed by atoms with Gasteiger partial charge in [0.1, 0.15) is 5.75 Å². The van der Waals surface area contributed by atoms with Crippen molar-refractivity contribution in [2.24, 2.45) is 5.41 Å². The molecule has 0 atom stereocenters. The van der Waals surface area contributed by atoms with Crippen LogP contribution in [0.2, 0.25) is 0 Å². The molecule has 1 rings (SSSR count). The van der Waals surface area contributed by atoms with Gasteiger partial charge in [-0.15, -0.1) is 0 Å². The Hall–Kier alpha value is -1.03. The second-order valence-electron chi connectivity index (χ2n) is 5.39. The lowest BCUT2D eigenvalue weighted by Gasteiger charge is -2.23. The third-order valence-corrected chi connectivity index (χ3v) is 3.23. The quantitative estimate of drug-likeness (QED) is 0.734. The summed E-state index contributed by atoms with van der Waals surface area (Å²) < 4.78 is 11.9. The molecule has 0 aromatic heterocycles. The third-order valence-electron chi connectivity index (χ3n) is 2.70. The third kappa shape index (κ3) is 5.64. The number of hydrogen-bond donors (Lipinski definition) is 0. The van der Waals surface area contributed by atoms with Gasteiger partial charge in [0.15, 0.2) is 0 Å². The van der Waals surface area contributed by atoms with E-state index in [1.54, 1.807) is 0 Å². The molecule has 0 spiro atoms. The fourth-order valence-corrected chi connectivity index (χ4v) is 1.69. The van der Waals surface area contributed by atoms with Crippen molar-refractivity contribution in [2.45, 2.75) is 40.2 Å². The lowest BCUT2D eigenvalue weighted by Crippen LogP contribution is -2.30. The van der Waals surface area contributed by atoms with Crippen LogP contribution in [0.4, 0.5) is 0 Å². The van der Waals surface area contributed by atoms with Gasteiger partial charge in [0.2, 0.25) is 0 Å². The van der Waals surface area contributed by atoms with Crippen molar-refractivity contribution >= 4 is 21.9 Å². The smallest absolute Gasteiger partial charge is 0.311 e. The first-order chi connectivity index (χ1) is 8.81. The molecule has 0 aliphatic heterocycles. The topological polar surface area (TPSA) is 35.5 Å². The predicted octanol–water partition coefficient (Wildman–Crippen LogP) is 4.20. The van der Waals surface area contributed by atoms with E-state index in [9.17, 15) is 4.79 Å². The highest BCUT2D eigenvalue weighted by atomic mass is 79.9. The molecule has 0 aliphatic rings. The summed E-state index contributed by atoms with van der Waals surface area (Å²) in [6, 6.07) is 7.63. The van der Waals surface area contributed by atoms with E-state index in [1.165, 1.54) is 0 Å². The lowest BCUT2D eigenvalue weighted by molar-refractivity contribution is -0.158. The maximum Gasteiger partial charge on any atom is 0.311 e. The van der Waals surface area contributed by atoms with Crippen molar-refractivity contribution in [3.8, 4) is 5.75 Å². The highest BCUT2D eigenvalue weighted by Gasteiger charge is 2.29. The lowest BCUT2D eigenvalue weighted by atomic mass is 9.90. The molecule has 1 aromatic rings. The molecule has 0 bridgehead atoms. The fraction of sp³-hybridized carbons (Fsp3) is 0.533. The number of ether oxygens (including phenoxy) is 2. The number of halogens is 1. The van der Waals surface area contributed by atoms with E-state index in [-0.39, 0.29) is 12.1 Å². The Morgan fingerprint density at radius 2 is 1.84 bits per heavy atom. The molecule has 0 saturated carbocycles. The van der Waals surface area contributed by atoms with Crippen LogP contribution in [0.15, 0.2) is 28.7 Å². The monoisotopic (exact) mass is 328 g/mol. The molecule has 1 aromatic carbocycles. The summed E-state index contributed by atoms with van der Waals surface area (Å²) in [7, 11) is 0. The second-order valence-corrected chi connectivity index (χ2v) is 6.31. The van der Waals surface area contributed by atoms with Crippen LogP contribution in [0.3, 0.4) is 0 Å². The molecule has 19 heavy (non-hydrogen) atoms. The molecule has 0 saturated heterocycles. The van der Waals surface area contributed by atoms with Crippen LogP contribution in [-0.2, 0) is 9.53 Å². The Bertz CT molecular complexity index is 410. The average Bonchev–Trinajstić information content (AvgIpc) is 2.30. The molecule has 0 radical (unpaired) electrons. The van der Waals surface area contributed by atoms with Gasteiger partial charge in [-0.25, -0.2) is 0 Å². The zero-order chi connectivity index (χ0) is 14.5. The normalized spacial score (nSPS) is 11.5. The van der Waals surface area contributed by atoms with E-state index in [2.05, 4.69) is 15.9 Å². The molecule has 0 N–H and O–H groups in total. The van der Waals surface area contributed by atoms with E-state index < -0.39 is 5.41 Å². The van der Waals surface area contributed by atoms with Gasteiger partial charge >= 0.3 is 5.97 Å². The van der Waals surface area contributed by atoms with Gasteiger partial charge in [0, 0.05) is 4.47 Å². The number of carbonyl (C=O) groups is 1. The number of benzene rings is 1. The molecule has 106 valence electrons. The van der Waals surface area contributed by atoms with E-state index in [4.69, 9.17) is 9.47 Å². The van der Waals surface area contributed by atoms with Gasteiger partial charge in [-0.1, -0.05) is 15.9 Å².